The molecule has 4 rings (SSSR count). The van der Waals surface area contributed by atoms with Crippen molar-refractivity contribution in [1.82, 2.24) is 14.7 Å². The van der Waals surface area contributed by atoms with Gasteiger partial charge in [-0.3, -0.25) is 4.90 Å². The molecule has 0 fully saturated rings. The number of nitrogens with zero attached hydrogens (tertiary/aromatic N) is 3. The Labute approximate surface area is 162 Å². The van der Waals surface area contributed by atoms with Crippen LogP contribution in [0.1, 0.15) is 22.8 Å². The number of aromatic nitrogens is 2. The molecule has 0 aliphatic heterocycles. The van der Waals surface area contributed by atoms with Crippen LogP contribution in [0.2, 0.25) is 5.15 Å². The summed E-state index contributed by atoms with van der Waals surface area (Å²) < 4.78 is 12.8. The topological polar surface area (TPSA) is 47.3 Å². The standard InChI is InChI=1S/C21H20ClN3O2/c1-16-20(21(22)25(23-16)17-7-3-2-4-8-17)15-24(13-18-9-5-11-26-18)14-19-10-6-12-27-19/h2-12H,13-15H2,1H3. The maximum Gasteiger partial charge on any atom is 0.137 e. The average Bonchev–Trinajstić information content (AvgIpc) is 3.42. The summed E-state index contributed by atoms with van der Waals surface area (Å²) in [5.41, 5.74) is 2.85. The third-order valence-electron chi connectivity index (χ3n) is 4.42. The van der Waals surface area contributed by atoms with Crippen molar-refractivity contribution in [3.05, 3.63) is 95.1 Å². The largest absolute Gasteiger partial charge is 0.468 e. The summed E-state index contributed by atoms with van der Waals surface area (Å²) >= 11 is 6.70. The monoisotopic (exact) mass is 381 g/mol. The van der Waals surface area contributed by atoms with Gasteiger partial charge in [0.2, 0.25) is 0 Å². The smallest absolute Gasteiger partial charge is 0.137 e. The highest BCUT2D eigenvalue weighted by Crippen LogP contribution is 2.26. The minimum atomic E-state index is 0.627. The molecule has 4 aromatic rings. The van der Waals surface area contributed by atoms with Crippen LogP contribution in [0.5, 0.6) is 0 Å². The van der Waals surface area contributed by atoms with Crippen molar-refractivity contribution < 1.29 is 8.83 Å². The number of benzene rings is 1. The lowest BCUT2D eigenvalue weighted by Crippen LogP contribution is -2.22. The maximum atomic E-state index is 6.70. The van der Waals surface area contributed by atoms with E-state index in [1.54, 1.807) is 17.2 Å². The summed E-state index contributed by atoms with van der Waals surface area (Å²) in [5, 5.41) is 5.27. The molecular weight excluding hydrogens is 362 g/mol. The Morgan fingerprint density at radius 1 is 0.889 bits per heavy atom. The molecule has 0 unspecified atom stereocenters. The number of rotatable bonds is 7. The predicted molar refractivity (Wildman–Crippen MR) is 104 cm³/mol. The predicted octanol–water partition coefficient (Wildman–Crippen LogP) is 5.22. The van der Waals surface area contributed by atoms with Gasteiger partial charge in [-0.15, -0.1) is 0 Å². The lowest BCUT2D eigenvalue weighted by Gasteiger charge is -2.20. The van der Waals surface area contributed by atoms with Crippen molar-refractivity contribution >= 4 is 11.6 Å². The molecule has 0 bridgehead atoms. The van der Waals surface area contributed by atoms with Crippen LogP contribution in [0, 0.1) is 6.92 Å². The van der Waals surface area contributed by atoms with Crippen molar-refractivity contribution in [2.75, 3.05) is 0 Å². The minimum Gasteiger partial charge on any atom is -0.468 e. The van der Waals surface area contributed by atoms with Gasteiger partial charge in [-0.25, -0.2) is 4.68 Å². The molecule has 0 radical (unpaired) electrons. The lowest BCUT2D eigenvalue weighted by atomic mass is 10.2. The van der Waals surface area contributed by atoms with Crippen LogP contribution in [-0.4, -0.2) is 14.7 Å². The fraction of sp³-hybridized carbons (Fsp3) is 0.190. The SMILES string of the molecule is Cc1nn(-c2ccccc2)c(Cl)c1CN(Cc1ccco1)Cc1ccco1. The van der Waals surface area contributed by atoms with Gasteiger partial charge in [0.05, 0.1) is 37.0 Å². The second-order valence-corrected chi connectivity index (χ2v) is 6.76. The average molecular weight is 382 g/mol. The first-order chi connectivity index (χ1) is 13.2. The Morgan fingerprint density at radius 2 is 1.52 bits per heavy atom. The van der Waals surface area contributed by atoms with Crippen LogP contribution >= 0.6 is 11.6 Å². The molecule has 0 amide bonds. The van der Waals surface area contributed by atoms with Gasteiger partial charge >= 0.3 is 0 Å². The zero-order chi connectivity index (χ0) is 18.6. The summed E-state index contributed by atoms with van der Waals surface area (Å²) in [7, 11) is 0. The van der Waals surface area contributed by atoms with E-state index in [2.05, 4.69) is 10.00 Å². The second kappa shape index (κ2) is 7.86. The van der Waals surface area contributed by atoms with Crippen molar-refractivity contribution in [3.63, 3.8) is 0 Å². The summed E-state index contributed by atoms with van der Waals surface area (Å²) in [6.07, 6.45) is 3.37. The Kier molecular flexibility index (Phi) is 5.14. The normalized spacial score (nSPS) is 11.4. The van der Waals surface area contributed by atoms with E-state index in [1.165, 1.54) is 0 Å². The van der Waals surface area contributed by atoms with Crippen molar-refractivity contribution in [3.8, 4) is 5.69 Å². The van der Waals surface area contributed by atoms with E-state index in [9.17, 15) is 0 Å². The molecule has 138 valence electrons. The molecular formula is C21H20ClN3O2. The molecule has 3 aromatic heterocycles. The first-order valence-electron chi connectivity index (χ1n) is 8.77. The van der Waals surface area contributed by atoms with Crippen LogP contribution in [0.25, 0.3) is 5.69 Å². The third kappa shape index (κ3) is 3.99. The van der Waals surface area contributed by atoms with E-state index in [-0.39, 0.29) is 0 Å². The van der Waals surface area contributed by atoms with Gasteiger partial charge in [0.15, 0.2) is 0 Å². The highest BCUT2D eigenvalue weighted by Gasteiger charge is 2.19. The number of para-hydroxylation sites is 1. The Morgan fingerprint density at radius 3 is 2.07 bits per heavy atom. The number of aryl methyl sites for hydroxylation is 1. The fourth-order valence-corrected chi connectivity index (χ4v) is 3.42. The van der Waals surface area contributed by atoms with Gasteiger partial charge < -0.3 is 8.83 Å². The van der Waals surface area contributed by atoms with Crippen LogP contribution in [-0.2, 0) is 19.6 Å². The van der Waals surface area contributed by atoms with Gasteiger partial charge in [0, 0.05) is 12.1 Å². The van der Waals surface area contributed by atoms with Gasteiger partial charge in [-0.2, -0.15) is 5.10 Å². The molecule has 3 heterocycles. The molecule has 0 atom stereocenters. The van der Waals surface area contributed by atoms with Crippen LogP contribution in [0.3, 0.4) is 0 Å². The Bertz CT molecular complexity index is 940. The quantitative estimate of drug-likeness (QED) is 0.440. The van der Waals surface area contributed by atoms with Gasteiger partial charge in [-0.05, 0) is 43.3 Å². The molecule has 0 N–H and O–H groups in total. The molecule has 0 saturated heterocycles. The molecule has 0 aliphatic rings. The minimum absolute atomic E-state index is 0.627. The molecule has 5 nitrogen and oxygen atoms in total. The molecule has 0 aliphatic carbocycles. The number of halogens is 1. The Hall–Kier alpha value is -2.76. The zero-order valence-corrected chi connectivity index (χ0v) is 15.8. The highest BCUT2D eigenvalue weighted by atomic mass is 35.5. The number of furan rings is 2. The van der Waals surface area contributed by atoms with E-state index < -0.39 is 0 Å². The van der Waals surface area contributed by atoms with E-state index >= 15 is 0 Å². The van der Waals surface area contributed by atoms with Crippen molar-refractivity contribution in [1.29, 1.82) is 0 Å². The fourth-order valence-electron chi connectivity index (χ4n) is 3.09. The number of hydrogen-bond acceptors (Lipinski definition) is 4. The van der Waals surface area contributed by atoms with Gasteiger partial charge in [0.1, 0.15) is 16.7 Å². The van der Waals surface area contributed by atoms with Crippen LogP contribution in [0.15, 0.2) is 76.0 Å². The summed E-state index contributed by atoms with van der Waals surface area (Å²) in [4.78, 5) is 2.23. The van der Waals surface area contributed by atoms with E-state index in [0.29, 0.717) is 24.8 Å². The molecule has 1 aromatic carbocycles. The Balaban J connectivity index is 1.61. The van der Waals surface area contributed by atoms with E-state index in [1.807, 2.05) is 61.5 Å². The molecule has 0 saturated carbocycles. The third-order valence-corrected chi connectivity index (χ3v) is 4.81. The summed E-state index contributed by atoms with van der Waals surface area (Å²) in [5.74, 6) is 1.79. The first kappa shape index (κ1) is 17.6. The maximum absolute atomic E-state index is 6.70. The molecule has 6 heteroatoms. The van der Waals surface area contributed by atoms with E-state index in [4.69, 9.17) is 20.4 Å². The zero-order valence-electron chi connectivity index (χ0n) is 15.0. The van der Waals surface area contributed by atoms with Gasteiger partial charge in [0.25, 0.3) is 0 Å². The second-order valence-electron chi connectivity index (χ2n) is 6.41. The number of hydrogen-bond donors (Lipinski definition) is 0. The summed E-state index contributed by atoms with van der Waals surface area (Å²) in [6, 6.07) is 17.6. The highest BCUT2D eigenvalue weighted by molar-refractivity contribution is 6.30. The van der Waals surface area contributed by atoms with Crippen molar-refractivity contribution in [2.45, 2.75) is 26.6 Å². The van der Waals surface area contributed by atoms with Gasteiger partial charge in [-0.1, -0.05) is 29.8 Å². The summed E-state index contributed by atoms with van der Waals surface area (Å²) in [6.45, 7) is 3.93. The van der Waals surface area contributed by atoms with E-state index in [0.717, 1.165) is 28.5 Å². The van der Waals surface area contributed by atoms with Crippen LogP contribution < -0.4 is 0 Å². The van der Waals surface area contributed by atoms with Crippen LogP contribution in [0.4, 0.5) is 0 Å². The van der Waals surface area contributed by atoms with Crippen molar-refractivity contribution in [2.24, 2.45) is 0 Å². The molecule has 27 heavy (non-hydrogen) atoms. The first-order valence-corrected chi connectivity index (χ1v) is 9.15. The molecule has 0 spiro atoms. The lowest BCUT2D eigenvalue weighted by molar-refractivity contribution is 0.209.